The molecule has 0 saturated carbocycles. The van der Waals surface area contributed by atoms with Crippen molar-refractivity contribution in [1.29, 1.82) is 0 Å². The number of benzene rings is 1. The van der Waals surface area contributed by atoms with E-state index < -0.39 is 0 Å². The van der Waals surface area contributed by atoms with E-state index in [0.717, 1.165) is 69.5 Å². The van der Waals surface area contributed by atoms with Gasteiger partial charge in [-0.3, -0.25) is 4.99 Å². The number of rotatable bonds is 4. The number of nitrogens with one attached hydrogen (secondary N) is 1. The van der Waals surface area contributed by atoms with E-state index in [-0.39, 0.29) is 0 Å². The fourth-order valence-electron chi connectivity index (χ4n) is 3.71. The molecule has 2 saturated heterocycles. The highest BCUT2D eigenvalue weighted by Gasteiger charge is 2.25. The van der Waals surface area contributed by atoms with Crippen LogP contribution < -0.4 is 10.2 Å². The lowest BCUT2D eigenvalue weighted by Crippen LogP contribution is -2.36. The Morgan fingerprint density at radius 3 is 2.67 bits per heavy atom. The highest BCUT2D eigenvalue weighted by molar-refractivity contribution is 6.12. The summed E-state index contributed by atoms with van der Waals surface area (Å²) in [6, 6.07) is 8.37. The van der Waals surface area contributed by atoms with Gasteiger partial charge in [-0.15, -0.1) is 0 Å². The minimum Gasteiger partial charge on any atom is -0.381 e. The zero-order valence-corrected chi connectivity index (χ0v) is 15.6. The van der Waals surface area contributed by atoms with Crippen LogP contribution in [-0.2, 0) is 9.47 Å². The second-order valence-electron chi connectivity index (χ2n) is 6.95. The predicted octanol–water partition coefficient (Wildman–Crippen LogP) is 3.05. The second-order valence-corrected chi connectivity index (χ2v) is 6.95. The Kier molecular flexibility index (Phi) is 5.65. The maximum atomic E-state index is 5.48. The summed E-state index contributed by atoms with van der Waals surface area (Å²) in [6.45, 7) is 8.61. The lowest BCUT2D eigenvalue weighted by atomic mass is 9.97. The number of hydrogen-bond acceptors (Lipinski definition) is 6. The van der Waals surface area contributed by atoms with Gasteiger partial charge in [0.05, 0.1) is 36.5 Å². The minimum absolute atomic E-state index is 0.486. The van der Waals surface area contributed by atoms with Gasteiger partial charge in [0.25, 0.3) is 0 Å². The number of ether oxygens (including phenoxy) is 2. The number of anilines is 1. The van der Waals surface area contributed by atoms with Gasteiger partial charge in [0.2, 0.25) is 0 Å². The monoisotopic (exact) mass is 366 g/mol. The first-order valence-electron chi connectivity index (χ1n) is 9.57. The van der Waals surface area contributed by atoms with E-state index in [1.165, 1.54) is 11.4 Å². The topological polar surface area (TPSA) is 58.5 Å². The number of hydrogen-bond donors (Lipinski definition) is 1. The Labute approximate surface area is 160 Å². The molecule has 0 aliphatic carbocycles. The molecule has 0 aromatic heterocycles. The molecule has 1 aromatic rings. The van der Waals surface area contributed by atoms with Crippen LogP contribution in [-0.4, -0.2) is 51.9 Å². The zero-order chi connectivity index (χ0) is 18.5. The van der Waals surface area contributed by atoms with Crippen molar-refractivity contribution < 1.29 is 9.47 Å². The SMILES string of the molecule is C=N/C=C1/NC(C2CCOCC2)=CC1=Nc1cccc(N2CCOCC2)c1. The summed E-state index contributed by atoms with van der Waals surface area (Å²) in [5.41, 5.74) is 5.14. The van der Waals surface area contributed by atoms with Gasteiger partial charge in [-0.2, -0.15) is 0 Å². The summed E-state index contributed by atoms with van der Waals surface area (Å²) in [5.74, 6) is 0.486. The molecule has 2 fully saturated rings. The normalized spacial score (nSPS) is 24.1. The molecular weight excluding hydrogens is 340 g/mol. The van der Waals surface area contributed by atoms with Crippen molar-refractivity contribution >= 4 is 23.8 Å². The summed E-state index contributed by atoms with van der Waals surface area (Å²) in [7, 11) is 0. The Bertz CT molecular complexity index is 772. The number of nitrogens with zero attached hydrogens (tertiary/aromatic N) is 3. The van der Waals surface area contributed by atoms with E-state index in [4.69, 9.17) is 14.5 Å². The lowest BCUT2D eigenvalue weighted by Gasteiger charge is -2.28. The first-order valence-corrected chi connectivity index (χ1v) is 9.57. The smallest absolute Gasteiger partial charge is 0.0904 e. The van der Waals surface area contributed by atoms with Crippen LogP contribution in [0.5, 0.6) is 0 Å². The number of allylic oxidation sites excluding steroid dienone is 2. The number of morpholine rings is 1. The standard InChI is InChI=1S/C21H26N4O2/c1-22-15-21-20(14-19(24-21)16-5-9-26-10-6-16)23-17-3-2-4-18(13-17)25-7-11-27-12-8-25/h2-4,13-16,24H,1,5-12H2/b21-15+,23-20?. The second kappa shape index (κ2) is 8.50. The molecule has 6 nitrogen and oxygen atoms in total. The van der Waals surface area contributed by atoms with Gasteiger partial charge < -0.3 is 19.7 Å². The lowest BCUT2D eigenvalue weighted by molar-refractivity contribution is 0.0747. The first kappa shape index (κ1) is 17.9. The molecule has 0 amide bonds. The van der Waals surface area contributed by atoms with Crippen molar-refractivity contribution in [3.63, 3.8) is 0 Å². The quantitative estimate of drug-likeness (QED) is 0.832. The molecule has 3 aliphatic rings. The molecule has 1 N–H and O–H groups in total. The molecule has 0 radical (unpaired) electrons. The van der Waals surface area contributed by atoms with Crippen LogP contribution in [0.2, 0.25) is 0 Å². The van der Waals surface area contributed by atoms with Gasteiger partial charge in [0, 0.05) is 43.6 Å². The largest absolute Gasteiger partial charge is 0.381 e. The third-order valence-electron chi connectivity index (χ3n) is 5.18. The molecule has 0 spiro atoms. The van der Waals surface area contributed by atoms with Crippen molar-refractivity contribution in [2.24, 2.45) is 15.9 Å². The average Bonchev–Trinajstić information content (AvgIpc) is 3.12. The molecule has 3 aliphatic heterocycles. The van der Waals surface area contributed by atoms with E-state index in [1.54, 1.807) is 6.20 Å². The molecule has 0 bridgehead atoms. The van der Waals surface area contributed by atoms with Crippen LogP contribution in [0, 0.1) is 5.92 Å². The summed E-state index contributed by atoms with van der Waals surface area (Å²) >= 11 is 0. The van der Waals surface area contributed by atoms with Gasteiger partial charge in [-0.25, -0.2) is 4.99 Å². The molecule has 142 valence electrons. The van der Waals surface area contributed by atoms with Gasteiger partial charge >= 0.3 is 0 Å². The third kappa shape index (κ3) is 4.28. The van der Waals surface area contributed by atoms with E-state index in [0.29, 0.717) is 5.92 Å². The van der Waals surface area contributed by atoms with Crippen LogP contribution in [0.1, 0.15) is 12.8 Å². The Morgan fingerprint density at radius 1 is 1.11 bits per heavy atom. The highest BCUT2D eigenvalue weighted by Crippen LogP contribution is 2.29. The van der Waals surface area contributed by atoms with Crippen LogP contribution in [0.3, 0.4) is 0 Å². The molecule has 6 heteroatoms. The van der Waals surface area contributed by atoms with Crippen LogP contribution in [0.15, 0.2) is 57.9 Å². The zero-order valence-electron chi connectivity index (χ0n) is 15.6. The van der Waals surface area contributed by atoms with E-state index >= 15 is 0 Å². The predicted molar refractivity (Wildman–Crippen MR) is 109 cm³/mol. The Morgan fingerprint density at radius 2 is 1.89 bits per heavy atom. The molecule has 4 rings (SSSR count). The fraction of sp³-hybridized carbons (Fsp3) is 0.429. The highest BCUT2D eigenvalue weighted by atomic mass is 16.5. The molecule has 3 heterocycles. The van der Waals surface area contributed by atoms with Crippen LogP contribution in [0.25, 0.3) is 0 Å². The van der Waals surface area contributed by atoms with E-state index in [2.05, 4.69) is 46.2 Å². The van der Waals surface area contributed by atoms with E-state index in [9.17, 15) is 0 Å². The first-order chi connectivity index (χ1) is 13.3. The van der Waals surface area contributed by atoms with Gasteiger partial charge in [0.1, 0.15) is 0 Å². The van der Waals surface area contributed by atoms with Crippen molar-refractivity contribution in [3.05, 3.63) is 47.9 Å². The van der Waals surface area contributed by atoms with Crippen molar-refractivity contribution in [3.8, 4) is 0 Å². The Hall–Kier alpha value is -2.44. The van der Waals surface area contributed by atoms with Gasteiger partial charge in [-0.1, -0.05) is 6.07 Å². The van der Waals surface area contributed by atoms with Crippen molar-refractivity contribution in [2.75, 3.05) is 44.4 Å². The van der Waals surface area contributed by atoms with Crippen molar-refractivity contribution in [1.82, 2.24) is 5.32 Å². The average molecular weight is 366 g/mol. The summed E-state index contributed by atoms with van der Waals surface area (Å²) < 4.78 is 10.9. The molecule has 1 aromatic carbocycles. The fourth-order valence-corrected chi connectivity index (χ4v) is 3.71. The van der Waals surface area contributed by atoms with Crippen LogP contribution >= 0.6 is 0 Å². The van der Waals surface area contributed by atoms with Gasteiger partial charge in [0.15, 0.2) is 0 Å². The molecular formula is C21H26N4O2. The summed E-state index contributed by atoms with van der Waals surface area (Å²) in [4.78, 5) is 11.2. The number of aliphatic imine (C=N–C) groups is 2. The van der Waals surface area contributed by atoms with Crippen molar-refractivity contribution in [2.45, 2.75) is 12.8 Å². The maximum absolute atomic E-state index is 5.48. The minimum atomic E-state index is 0.486. The van der Waals surface area contributed by atoms with E-state index in [1.807, 2.05) is 6.07 Å². The Balaban J connectivity index is 1.59. The summed E-state index contributed by atoms with van der Waals surface area (Å²) in [6.07, 6.45) is 5.96. The van der Waals surface area contributed by atoms with Crippen LogP contribution in [0.4, 0.5) is 11.4 Å². The maximum Gasteiger partial charge on any atom is 0.0904 e. The summed E-state index contributed by atoms with van der Waals surface area (Å²) in [5, 5.41) is 3.49. The van der Waals surface area contributed by atoms with Gasteiger partial charge in [-0.05, 0) is 43.8 Å². The third-order valence-corrected chi connectivity index (χ3v) is 5.18. The molecule has 0 atom stereocenters. The molecule has 27 heavy (non-hydrogen) atoms. The molecule has 0 unspecified atom stereocenters.